The molecule has 0 heterocycles. The molecule has 2 fully saturated rings. The number of carboxylic acids is 1. The number of aromatic carboxylic acids is 1. The van der Waals surface area contributed by atoms with Gasteiger partial charge in [-0.1, -0.05) is 59.1 Å². The molecular weight excluding hydrogens is 573 g/mol. The summed E-state index contributed by atoms with van der Waals surface area (Å²) < 4.78 is 5.96. The Balaban J connectivity index is 1.32. The Labute approximate surface area is 247 Å². The van der Waals surface area contributed by atoms with E-state index < -0.39 is 11.6 Å². The summed E-state index contributed by atoms with van der Waals surface area (Å²) in [5.41, 5.74) is 8.56. The van der Waals surface area contributed by atoms with Crippen molar-refractivity contribution in [3.8, 4) is 5.75 Å². The van der Waals surface area contributed by atoms with E-state index in [-0.39, 0.29) is 35.5 Å². The van der Waals surface area contributed by atoms with Gasteiger partial charge < -0.3 is 20.7 Å². The zero-order valence-corrected chi connectivity index (χ0v) is 24.0. The van der Waals surface area contributed by atoms with Gasteiger partial charge in [0.15, 0.2) is 5.78 Å². The molecule has 3 aromatic carbocycles. The van der Waals surface area contributed by atoms with Gasteiger partial charge in [0, 0.05) is 17.0 Å². The van der Waals surface area contributed by atoms with Crippen LogP contribution < -0.4 is 10.5 Å². The van der Waals surface area contributed by atoms with Crippen LogP contribution in [-0.4, -0.2) is 28.6 Å². The maximum atomic E-state index is 13.1. The van der Waals surface area contributed by atoms with Gasteiger partial charge in [0.25, 0.3) is 0 Å². The highest BCUT2D eigenvalue weighted by molar-refractivity contribution is 6.37. The first-order chi connectivity index (χ1) is 19.0. The first-order valence-corrected chi connectivity index (χ1v) is 14.1. The number of halogens is 3. The number of ketones is 1. The van der Waals surface area contributed by atoms with E-state index in [2.05, 4.69) is 0 Å². The van der Waals surface area contributed by atoms with Gasteiger partial charge in [0.2, 0.25) is 0 Å². The molecule has 0 radical (unpaired) electrons. The van der Waals surface area contributed by atoms with Gasteiger partial charge in [0.1, 0.15) is 12.4 Å². The van der Waals surface area contributed by atoms with E-state index in [0.717, 1.165) is 18.4 Å². The minimum absolute atomic E-state index is 0.0106. The van der Waals surface area contributed by atoms with E-state index >= 15 is 0 Å². The molecular formula is C31H28Cl3NO5. The summed E-state index contributed by atoms with van der Waals surface area (Å²) in [7, 11) is 0. The molecule has 6 nitrogen and oxygen atoms in total. The van der Waals surface area contributed by atoms with Crippen LogP contribution in [0, 0.1) is 12.8 Å². The van der Waals surface area contributed by atoms with Crippen molar-refractivity contribution in [2.24, 2.45) is 11.7 Å². The molecule has 0 unspecified atom stereocenters. The quantitative estimate of drug-likeness (QED) is 0.225. The lowest BCUT2D eigenvalue weighted by Crippen LogP contribution is -2.40. The van der Waals surface area contributed by atoms with Crippen molar-refractivity contribution in [1.82, 2.24) is 0 Å². The van der Waals surface area contributed by atoms with Crippen LogP contribution in [0.3, 0.4) is 0 Å². The summed E-state index contributed by atoms with van der Waals surface area (Å²) in [6.07, 6.45) is 2.41. The maximum absolute atomic E-state index is 13.1. The smallest absolute Gasteiger partial charge is 0.335 e. The molecule has 0 bridgehead atoms. The number of aliphatic hydroxyl groups is 1. The standard InChI is InChI=1S/C31H28Cl3NO5/c1-16-5-6-18(11-21(16)30(37)38)19-13-31(39,14-19)23-10-9-20(12-26(23)34)40-15-22(29(36)17-7-8-17)28(35)27-24(32)3-2-4-25(27)33/h2-6,9-12,17,19,39H,7-8,13-15,35H2,1H3,(H,37,38). The monoisotopic (exact) mass is 599 g/mol. The third-order valence-electron chi connectivity index (χ3n) is 7.76. The van der Waals surface area contributed by atoms with E-state index in [4.69, 9.17) is 45.3 Å². The van der Waals surface area contributed by atoms with E-state index in [1.54, 1.807) is 55.5 Å². The predicted octanol–water partition coefficient (Wildman–Crippen LogP) is 7.15. The predicted molar refractivity (Wildman–Crippen MR) is 156 cm³/mol. The number of aryl methyl sites for hydroxylation is 1. The van der Waals surface area contributed by atoms with Crippen LogP contribution in [0.5, 0.6) is 5.75 Å². The number of carbonyl (C=O) groups excluding carboxylic acids is 1. The van der Waals surface area contributed by atoms with E-state index in [9.17, 15) is 19.8 Å². The highest BCUT2D eigenvalue weighted by Gasteiger charge is 2.46. The van der Waals surface area contributed by atoms with Crippen molar-refractivity contribution in [2.75, 3.05) is 6.61 Å². The molecule has 0 aromatic heterocycles. The first-order valence-electron chi connectivity index (χ1n) is 12.9. The fourth-order valence-corrected chi connectivity index (χ4v) is 6.18. The number of rotatable bonds is 9. The molecule has 2 saturated carbocycles. The zero-order chi connectivity index (χ0) is 28.8. The molecule has 4 N–H and O–H groups in total. The van der Waals surface area contributed by atoms with Gasteiger partial charge in [-0.05, 0) is 80.0 Å². The summed E-state index contributed by atoms with van der Waals surface area (Å²) in [6.45, 7) is 1.67. The van der Waals surface area contributed by atoms with Crippen LogP contribution in [0.4, 0.5) is 0 Å². The molecule has 0 amide bonds. The maximum Gasteiger partial charge on any atom is 0.335 e. The number of nitrogens with two attached hydrogens (primary N) is 1. The highest BCUT2D eigenvalue weighted by Crippen LogP contribution is 2.53. The minimum atomic E-state index is -1.15. The van der Waals surface area contributed by atoms with Crippen molar-refractivity contribution in [2.45, 2.75) is 44.1 Å². The van der Waals surface area contributed by atoms with Gasteiger partial charge in [-0.3, -0.25) is 4.79 Å². The Morgan fingerprint density at radius 1 is 1.00 bits per heavy atom. The number of carboxylic acid groups (broad SMARTS) is 1. The first kappa shape index (κ1) is 28.5. The van der Waals surface area contributed by atoms with Crippen molar-refractivity contribution >= 4 is 52.3 Å². The molecule has 5 rings (SSSR count). The van der Waals surface area contributed by atoms with Gasteiger partial charge >= 0.3 is 5.97 Å². The lowest BCUT2D eigenvalue weighted by atomic mass is 9.64. The molecule has 0 aliphatic heterocycles. The molecule has 0 atom stereocenters. The lowest BCUT2D eigenvalue weighted by Gasteiger charge is -2.45. The second-order valence-electron chi connectivity index (χ2n) is 10.6. The Bertz CT molecular complexity index is 1520. The largest absolute Gasteiger partial charge is 0.489 e. The third kappa shape index (κ3) is 5.59. The lowest BCUT2D eigenvalue weighted by molar-refractivity contribution is -0.116. The number of hydrogen-bond acceptors (Lipinski definition) is 5. The SMILES string of the molecule is Cc1ccc(C2CC(O)(c3ccc(OCC(C(=O)C4CC4)=C(N)c4c(Cl)cccc4Cl)cc3Cl)C2)cc1C(=O)O. The normalized spacial score (nSPS) is 20.9. The highest BCUT2D eigenvalue weighted by atomic mass is 35.5. The Morgan fingerprint density at radius 3 is 2.27 bits per heavy atom. The molecule has 208 valence electrons. The van der Waals surface area contributed by atoms with Gasteiger partial charge in [0.05, 0.1) is 37.5 Å². The molecule has 2 aliphatic carbocycles. The minimum Gasteiger partial charge on any atom is -0.489 e. The van der Waals surface area contributed by atoms with Crippen LogP contribution in [0.25, 0.3) is 5.70 Å². The van der Waals surface area contributed by atoms with Crippen molar-refractivity contribution < 1.29 is 24.5 Å². The van der Waals surface area contributed by atoms with Crippen LogP contribution in [-0.2, 0) is 10.4 Å². The molecule has 3 aromatic rings. The second-order valence-corrected chi connectivity index (χ2v) is 11.8. The fourth-order valence-electron chi connectivity index (χ4n) is 5.23. The second kappa shape index (κ2) is 11.1. The number of ether oxygens (including phenoxy) is 1. The average molecular weight is 601 g/mol. The number of carbonyl (C=O) groups is 2. The van der Waals surface area contributed by atoms with Gasteiger partial charge in [-0.2, -0.15) is 0 Å². The van der Waals surface area contributed by atoms with Crippen LogP contribution in [0.1, 0.15) is 64.2 Å². The Kier molecular flexibility index (Phi) is 7.90. The third-order valence-corrected chi connectivity index (χ3v) is 8.70. The van der Waals surface area contributed by atoms with Crippen LogP contribution >= 0.6 is 34.8 Å². The topological polar surface area (TPSA) is 110 Å². The van der Waals surface area contributed by atoms with Crippen molar-refractivity contribution in [3.05, 3.63) is 103 Å². The number of benzene rings is 3. The zero-order valence-electron chi connectivity index (χ0n) is 21.7. The molecule has 0 saturated heterocycles. The summed E-state index contributed by atoms with van der Waals surface area (Å²) in [5.74, 6) is -0.729. The molecule has 2 aliphatic rings. The molecule has 0 spiro atoms. The summed E-state index contributed by atoms with van der Waals surface area (Å²) in [6, 6.07) is 15.4. The molecule has 9 heteroatoms. The number of hydrogen-bond donors (Lipinski definition) is 3. The average Bonchev–Trinajstić information content (AvgIpc) is 3.73. The van der Waals surface area contributed by atoms with Crippen molar-refractivity contribution in [3.63, 3.8) is 0 Å². The summed E-state index contributed by atoms with van der Waals surface area (Å²) in [4.78, 5) is 24.6. The van der Waals surface area contributed by atoms with E-state index in [0.29, 0.717) is 55.9 Å². The molecule has 40 heavy (non-hydrogen) atoms. The van der Waals surface area contributed by atoms with Crippen molar-refractivity contribution in [1.29, 1.82) is 0 Å². The Hall–Kier alpha value is -3.03. The van der Waals surface area contributed by atoms with E-state index in [1.165, 1.54) is 0 Å². The van der Waals surface area contributed by atoms with Gasteiger partial charge in [-0.15, -0.1) is 0 Å². The number of Topliss-reactive ketones (excluding diaryl/α,β-unsaturated/α-hetero) is 1. The van der Waals surface area contributed by atoms with Gasteiger partial charge in [-0.25, -0.2) is 4.79 Å². The van der Waals surface area contributed by atoms with Crippen LogP contribution in [0.15, 0.2) is 60.2 Å². The summed E-state index contributed by atoms with van der Waals surface area (Å²) in [5, 5.41) is 21.7. The fraction of sp³-hybridized carbons (Fsp3) is 0.290. The van der Waals surface area contributed by atoms with Crippen LogP contribution in [0.2, 0.25) is 15.1 Å². The van der Waals surface area contributed by atoms with E-state index in [1.807, 2.05) is 6.07 Å². The summed E-state index contributed by atoms with van der Waals surface area (Å²) >= 11 is 19.3. The Morgan fingerprint density at radius 2 is 1.68 bits per heavy atom.